The fourth-order valence-corrected chi connectivity index (χ4v) is 5.04. The van der Waals surface area contributed by atoms with Crippen molar-refractivity contribution in [2.24, 2.45) is 0 Å². The Kier molecular flexibility index (Phi) is 4.14. The van der Waals surface area contributed by atoms with E-state index in [9.17, 15) is 8.42 Å². The first-order valence-corrected chi connectivity index (χ1v) is 9.88. The summed E-state index contributed by atoms with van der Waals surface area (Å²) in [6.07, 6.45) is 3.58. The van der Waals surface area contributed by atoms with Gasteiger partial charge in [-0.15, -0.1) is 0 Å². The van der Waals surface area contributed by atoms with Gasteiger partial charge < -0.3 is 9.31 Å². The largest absolute Gasteiger partial charge is 0.494 e. The fourth-order valence-electron chi connectivity index (χ4n) is 3.18. The van der Waals surface area contributed by atoms with Gasteiger partial charge >= 0.3 is 7.12 Å². The van der Waals surface area contributed by atoms with Crippen LogP contribution in [0.1, 0.15) is 53.4 Å². The highest BCUT2D eigenvalue weighted by Gasteiger charge is 2.51. The Labute approximate surface area is 139 Å². The van der Waals surface area contributed by atoms with Crippen LogP contribution < -0.4 is 5.46 Å². The molecule has 23 heavy (non-hydrogen) atoms. The Balaban J connectivity index is 1.81. The van der Waals surface area contributed by atoms with Crippen LogP contribution in [-0.4, -0.2) is 32.0 Å². The van der Waals surface area contributed by atoms with Crippen LogP contribution >= 0.6 is 0 Å². The molecule has 1 aromatic carbocycles. The minimum atomic E-state index is -3.21. The first-order chi connectivity index (χ1) is 10.6. The zero-order valence-corrected chi connectivity index (χ0v) is 15.2. The van der Waals surface area contributed by atoms with Gasteiger partial charge in [-0.2, -0.15) is 0 Å². The Morgan fingerprint density at radius 2 is 1.43 bits per heavy atom. The lowest BCUT2D eigenvalue weighted by Crippen LogP contribution is -2.41. The van der Waals surface area contributed by atoms with Gasteiger partial charge in [0, 0.05) is 0 Å². The monoisotopic (exact) mass is 336 g/mol. The Hall–Kier alpha value is -0.845. The van der Waals surface area contributed by atoms with Gasteiger partial charge in [0.25, 0.3) is 0 Å². The SMILES string of the molecule is CC1(C)OB(c2ccc(S(=O)(=O)C3CCCC3)cc2)OC1(C)C. The molecule has 1 aromatic rings. The summed E-state index contributed by atoms with van der Waals surface area (Å²) in [4.78, 5) is 0.407. The van der Waals surface area contributed by atoms with E-state index in [1.165, 1.54) is 0 Å². The van der Waals surface area contributed by atoms with Gasteiger partial charge in [-0.3, -0.25) is 0 Å². The summed E-state index contributed by atoms with van der Waals surface area (Å²) in [6.45, 7) is 8.02. The molecule has 0 bridgehead atoms. The van der Waals surface area contributed by atoms with Crippen molar-refractivity contribution >= 4 is 22.4 Å². The molecule has 6 heteroatoms. The lowest BCUT2D eigenvalue weighted by molar-refractivity contribution is 0.00578. The summed E-state index contributed by atoms with van der Waals surface area (Å²) >= 11 is 0. The van der Waals surface area contributed by atoms with E-state index in [1.807, 2.05) is 39.8 Å². The first-order valence-electron chi connectivity index (χ1n) is 8.33. The summed E-state index contributed by atoms with van der Waals surface area (Å²) < 4.78 is 37.2. The quantitative estimate of drug-likeness (QED) is 0.797. The van der Waals surface area contributed by atoms with Crippen LogP contribution in [0.4, 0.5) is 0 Å². The molecular weight excluding hydrogens is 311 g/mol. The van der Waals surface area contributed by atoms with Gasteiger partial charge in [-0.25, -0.2) is 8.42 Å². The van der Waals surface area contributed by atoms with Crippen molar-refractivity contribution in [3.63, 3.8) is 0 Å². The molecule has 4 nitrogen and oxygen atoms in total. The molecule has 126 valence electrons. The van der Waals surface area contributed by atoms with E-state index >= 15 is 0 Å². The third kappa shape index (κ3) is 2.97. The molecule has 0 radical (unpaired) electrons. The maximum Gasteiger partial charge on any atom is 0.494 e. The van der Waals surface area contributed by atoms with Crippen molar-refractivity contribution < 1.29 is 17.7 Å². The second-order valence-corrected chi connectivity index (χ2v) is 9.84. The summed E-state index contributed by atoms with van der Waals surface area (Å²) in [5.74, 6) is 0. The predicted octanol–water partition coefficient (Wildman–Crippen LogP) is 2.70. The summed E-state index contributed by atoms with van der Waals surface area (Å²) in [7, 11) is -3.66. The third-order valence-corrected chi connectivity index (χ3v) is 7.75. The van der Waals surface area contributed by atoms with Crippen LogP contribution in [0.2, 0.25) is 0 Å². The van der Waals surface area contributed by atoms with Crippen LogP contribution in [0.25, 0.3) is 0 Å². The molecule has 0 unspecified atom stereocenters. The lowest BCUT2D eigenvalue weighted by Gasteiger charge is -2.32. The van der Waals surface area contributed by atoms with E-state index in [4.69, 9.17) is 9.31 Å². The predicted molar refractivity (Wildman–Crippen MR) is 91.6 cm³/mol. The van der Waals surface area contributed by atoms with Gasteiger partial charge in [0.05, 0.1) is 21.3 Å². The lowest BCUT2D eigenvalue weighted by atomic mass is 9.79. The summed E-state index contributed by atoms with van der Waals surface area (Å²) in [5, 5.41) is -0.217. The van der Waals surface area contributed by atoms with E-state index in [0.29, 0.717) is 4.90 Å². The molecule has 0 spiro atoms. The average molecular weight is 336 g/mol. The maximum absolute atomic E-state index is 12.6. The molecule has 1 heterocycles. The Bertz CT molecular complexity index is 657. The maximum atomic E-state index is 12.6. The zero-order chi connectivity index (χ0) is 16.9. The van der Waals surface area contributed by atoms with Crippen LogP contribution in [0.5, 0.6) is 0 Å². The fraction of sp³-hybridized carbons (Fsp3) is 0.647. The van der Waals surface area contributed by atoms with Crippen molar-refractivity contribution in [2.75, 3.05) is 0 Å². The number of hydrogen-bond acceptors (Lipinski definition) is 4. The molecule has 2 aliphatic rings. The second-order valence-electron chi connectivity index (χ2n) is 7.61. The normalized spacial score (nSPS) is 24.3. The number of benzene rings is 1. The molecule has 1 aliphatic carbocycles. The molecule has 3 rings (SSSR count). The second kappa shape index (κ2) is 5.61. The smallest absolute Gasteiger partial charge is 0.399 e. The van der Waals surface area contributed by atoms with Gasteiger partial charge in [-0.1, -0.05) is 25.0 Å². The summed E-state index contributed by atoms with van der Waals surface area (Å²) in [6, 6.07) is 7.00. The van der Waals surface area contributed by atoms with E-state index < -0.39 is 28.2 Å². The van der Waals surface area contributed by atoms with Crippen molar-refractivity contribution in [2.45, 2.75) is 74.7 Å². The van der Waals surface area contributed by atoms with Crippen molar-refractivity contribution in [3.05, 3.63) is 24.3 Å². The molecule has 1 saturated carbocycles. The standard InChI is InChI=1S/C17H25BO4S/c1-16(2)17(3,4)22-18(21-16)13-9-11-15(12-10-13)23(19,20)14-7-5-6-8-14/h9-12,14H,5-8H2,1-4H3. The topological polar surface area (TPSA) is 52.6 Å². The van der Waals surface area contributed by atoms with E-state index in [0.717, 1.165) is 31.1 Å². The highest BCUT2D eigenvalue weighted by molar-refractivity contribution is 7.92. The average Bonchev–Trinajstić information content (AvgIpc) is 3.07. The molecule has 2 fully saturated rings. The van der Waals surface area contributed by atoms with Crippen LogP contribution in [0, 0.1) is 0 Å². The molecule has 0 aromatic heterocycles. The molecule has 0 amide bonds. The van der Waals surface area contributed by atoms with Gasteiger partial charge in [-0.05, 0) is 58.1 Å². The van der Waals surface area contributed by atoms with E-state index in [2.05, 4.69) is 0 Å². The highest BCUT2D eigenvalue weighted by atomic mass is 32.2. The molecule has 0 atom stereocenters. The Morgan fingerprint density at radius 1 is 0.957 bits per heavy atom. The van der Waals surface area contributed by atoms with E-state index in [1.54, 1.807) is 12.1 Å². The number of sulfone groups is 1. The van der Waals surface area contributed by atoms with Crippen LogP contribution in [0.3, 0.4) is 0 Å². The molecule has 0 N–H and O–H groups in total. The van der Waals surface area contributed by atoms with Gasteiger partial charge in [0.1, 0.15) is 0 Å². The van der Waals surface area contributed by atoms with Gasteiger partial charge in [0.2, 0.25) is 0 Å². The summed E-state index contributed by atoms with van der Waals surface area (Å²) in [5.41, 5.74) is 0.0624. The van der Waals surface area contributed by atoms with Crippen molar-refractivity contribution in [1.82, 2.24) is 0 Å². The third-order valence-electron chi connectivity index (χ3n) is 5.48. The van der Waals surface area contributed by atoms with Gasteiger partial charge in [0.15, 0.2) is 9.84 Å². The van der Waals surface area contributed by atoms with Crippen LogP contribution in [0.15, 0.2) is 29.2 Å². The minimum absolute atomic E-state index is 0.217. The van der Waals surface area contributed by atoms with E-state index in [-0.39, 0.29) is 5.25 Å². The molecule has 1 saturated heterocycles. The van der Waals surface area contributed by atoms with Crippen molar-refractivity contribution in [1.29, 1.82) is 0 Å². The highest BCUT2D eigenvalue weighted by Crippen LogP contribution is 2.36. The van der Waals surface area contributed by atoms with Crippen molar-refractivity contribution in [3.8, 4) is 0 Å². The molecule has 1 aliphatic heterocycles. The number of hydrogen-bond donors (Lipinski definition) is 0. The first kappa shape index (κ1) is 17.0. The minimum Gasteiger partial charge on any atom is -0.399 e. The van der Waals surface area contributed by atoms with Crippen LogP contribution in [-0.2, 0) is 19.1 Å². The number of rotatable bonds is 3. The zero-order valence-electron chi connectivity index (χ0n) is 14.3. The Morgan fingerprint density at radius 3 is 1.91 bits per heavy atom. The molecular formula is C17H25BO4S.